The minimum atomic E-state index is -0.314. The van der Waals surface area contributed by atoms with Crippen molar-refractivity contribution in [3.8, 4) is 6.07 Å². The van der Waals surface area contributed by atoms with Crippen molar-refractivity contribution in [3.05, 3.63) is 47.5 Å². The molecule has 1 aromatic heterocycles. The molecule has 5 rings (SSSR count). The van der Waals surface area contributed by atoms with E-state index in [2.05, 4.69) is 32.0 Å². The van der Waals surface area contributed by atoms with Gasteiger partial charge in [-0.2, -0.15) is 5.26 Å². The fourth-order valence-corrected chi connectivity index (χ4v) is 4.38. The number of benzene rings is 1. The van der Waals surface area contributed by atoms with Crippen molar-refractivity contribution in [2.75, 3.05) is 35.2 Å². The molecule has 0 radical (unpaired) electrons. The third-order valence-corrected chi connectivity index (χ3v) is 5.95. The maximum Gasteiger partial charge on any atom is 0.229 e. The van der Waals surface area contributed by atoms with Gasteiger partial charge in [0.1, 0.15) is 17.5 Å². The number of amides is 1. The molecule has 33 heavy (non-hydrogen) atoms. The van der Waals surface area contributed by atoms with Gasteiger partial charge >= 0.3 is 0 Å². The van der Waals surface area contributed by atoms with Gasteiger partial charge in [-0.3, -0.25) is 10.1 Å². The van der Waals surface area contributed by atoms with Crippen LogP contribution in [0.1, 0.15) is 24.6 Å². The van der Waals surface area contributed by atoms with E-state index in [1.807, 2.05) is 43.0 Å². The van der Waals surface area contributed by atoms with Crippen LogP contribution < -0.4 is 20.9 Å². The first kappa shape index (κ1) is 21.3. The Kier molecular flexibility index (Phi) is 5.68. The van der Waals surface area contributed by atoms with E-state index in [0.717, 1.165) is 16.9 Å². The number of allylic oxidation sites excluding steroid dienone is 1. The summed E-state index contributed by atoms with van der Waals surface area (Å²) in [6.45, 7) is 5.82. The number of para-hydroxylation sites is 2. The molecule has 1 aromatic carbocycles. The summed E-state index contributed by atoms with van der Waals surface area (Å²) < 4.78 is 11.5. The maximum absolute atomic E-state index is 12.7. The van der Waals surface area contributed by atoms with Crippen molar-refractivity contribution < 1.29 is 14.3 Å². The molecular weight excluding hydrogens is 422 g/mol. The molecule has 0 spiro atoms. The van der Waals surface area contributed by atoms with Gasteiger partial charge in [0.2, 0.25) is 11.9 Å². The third kappa shape index (κ3) is 4.02. The number of carbonyl (C=O) groups is 1. The second-order valence-corrected chi connectivity index (χ2v) is 8.14. The number of rotatable bonds is 5. The minimum absolute atomic E-state index is 0.141. The third-order valence-electron chi connectivity index (χ3n) is 5.95. The highest BCUT2D eigenvalue weighted by atomic mass is 16.7. The van der Waals surface area contributed by atoms with Crippen LogP contribution in [0.3, 0.4) is 0 Å². The molecule has 0 unspecified atom stereocenters. The number of nitriles is 1. The van der Waals surface area contributed by atoms with Gasteiger partial charge in [0.15, 0.2) is 6.29 Å². The van der Waals surface area contributed by atoms with Crippen LogP contribution in [0.25, 0.3) is 5.57 Å². The first-order chi connectivity index (χ1) is 16.1. The van der Waals surface area contributed by atoms with Crippen LogP contribution in [0.2, 0.25) is 0 Å². The Morgan fingerprint density at radius 2 is 2.18 bits per heavy atom. The first-order valence-corrected chi connectivity index (χ1v) is 11.0. The fourth-order valence-electron chi connectivity index (χ4n) is 4.38. The summed E-state index contributed by atoms with van der Waals surface area (Å²) in [6.07, 6.45) is 0.987. The van der Waals surface area contributed by atoms with E-state index in [1.165, 1.54) is 0 Å². The van der Waals surface area contributed by atoms with Crippen LogP contribution in [0.5, 0.6) is 0 Å². The van der Waals surface area contributed by atoms with Crippen molar-refractivity contribution >= 4 is 28.8 Å². The zero-order valence-electron chi connectivity index (χ0n) is 18.5. The molecule has 4 heterocycles. The van der Waals surface area contributed by atoms with E-state index in [9.17, 15) is 10.1 Å². The van der Waals surface area contributed by atoms with Gasteiger partial charge in [-0.1, -0.05) is 12.1 Å². The quantitative estimate of drug-likeness (QED) is 0.590. The molecule has 3 aliphatic heterocycles. The van der Waals surface area contributed by atoms with E-state index in [4.69, 9.17) is 9.47 Å². The summed E-state index contributed by atoms with van der Waals surface area (Å²) in [7, 11) is 0. The minimum Gasteiger partial charge on any atom is -0.345 e. The van der Waals surface area contributed by atoms with Crippen LogP contribution in [-0.2, 0) is 14.3 Å². The average Bonchev–Trinajstić information content (AvgIpc) is 3.32. The van der Waals surface area contributed by atoms with Crippen LogP contribution in [0, 0.1) is 18.3 Å². The van der Waals surface area contributed by atoms with Crippen LogP contribution >= 0.6 is 0 Å². The first-order valence-electron chi connectivity index (χ1n) is 11.0. The van der Waals surface area contributed by atoms with E-state index in [-0.39, 0.29) is 36.8 Å². The number of hydrogen-bond acceptors (Lipinski definition) is 9. The van der Waals surface area contributed by atoms with E-state index in [0.29, 0.717) is 36.7 Å². The second-order valence-electron chi connectivity index (χ2n) is 8.14. The predicted molar refractivity (Wildman–Crippen MR) is 122 cm³/mol. The number of hydrogen-bond donors (Lipinski definition) is 3. The summed E-state index contributed by atoms with van der Waals surface area (Å²) in [4.78, 5) is 23.5. The Morgan fingerprint density at radius 1 is 1.33 bits per heavy atom. The zero-order valence-corrected chi connectivity index (χ0v) is 18.5. The number of nitrogens with zero attached hydrogens (tertiary/aromatic N) is 4. The number of morpholine rings is 1. The van der Waals surface area contributed by atoms with Crippen LogP contribution in [0.4, 0.5) is 17.3 Å². The molecular formula is C23H25N7O3. The van der Waals surface area contributed by atoms with E-state index >= 15 is 0 Å². The predicted octanol–water partition coefficient (Wildman–Crippen LogP) is 1.97. The van der Waals surface area contributed by atoms with E-state index in [1.54, 1.807) is 6.20 Å². The highest BCUT2D eigenvalue weighted by molar-refractivity contribution is 5.92. The SMILES string of the molecule is CCN1/C(=C(\C#N)c2nc(NC(=O)C[C@@H]3O[C@@H]4CNC[C@@H]3O4)ncc2C)Nc2ccccc21. The standard InChI is InChI=1S/C23H25N7O3/c1-3-30-16-7-5-4-6-15(16)27-22(30)14(9-24)21-13(2)10-26-23(29-21)28-19(31)8-17-18-11-25-12-20(32-17)33-18/h4-7,10,17-18,20,25,27H,3,8,11-12H2,1-2H3,(H,26,28,29,31)/b22-14+/t17-,18-,20-/m0/s1. The lowest BCUT2D eigenvalue weighted by Crippen LogP contribution is -2.41. The lowest BCUT2D eigenvalue weighted by atomic mass is 10.1. The molecule has 3 aliphatic rings. The smallest absolute Gasteiger partial charge is 0.229 e. The number of aromatic nitrogens is 2. The molecule has 2 aromatic rings. The monoisotopic (exact) mass is 447 g/mol. The molecule has 2 fully saturated rings. The number of aryl methyl sites for hydroxylation is 1. The van der Waals surface area contributed by atoms with Gasteiger partial charge in [-0.05, 0) is 31.5 Å². The lowest BCUT2D eigenvalue weighted by molar-refractivity contribution is -0.119. The number of ether oxygens (including phenoxy) is 2. The van der Waals surface area contributed by atoms with Crippen LogP contribution in [0.15, 0.2) is 36.3 Å². The number of carbonyl (C=O) groups excluding carboxylic acids is 1. The van der Waals surface area contributed by atoms with Gasteiger partial charge in [0.25, 0.3) is 0 Å². The molecule has 0 saturated carbocycles. The largest absolute Gasteiger partial charge is 0.345 e. The molecule has 3 N–H and O–H groups in total. The van der Waals surface area contributed by atoms with Crippen molar-refractivity contribution in [2.24, 2.45) is 0 Å². The Morgan fingerprint density at radius 3 is 2.97 bits per heavy atom. The summed E-state index contributed by atoms with van der Waals surface area (Å²) >= 11 is 0. The molecule has 1 amide bonds. The molecule has 10 heteroatoms. The van der Waals surface area contributed by atoms with Gasteiger partial charge in [-0.25, -0.2) is 9.97 Å². The van der Waals surface area contributed by atoms with Gasteiger partial charge in [0.05, 0.1) is 35.7 Å². The topological polar surface area (TPSA) is 124 Å². The molecule has 3 atom stereocenters. The van der Waals surface area contributed by atoms with Crippen molar-refractivity contribution in [3.63, 3.8) is 0 Å². The molecule has 2 saturated heterocycles. The molecule has 2 bridgehead atoms. The highest BCUT2D eigenvalue weighted by Crippen LogP contribution is 2.38. The van der Waals surface area contributed by atoms with Crippen molar-refractivity contribution in [1.82, 2.24) is 15.3 Å². The lowest BCUT2D eigenvalue weighted by Gasteiger charge is -2.20. The normalized spacial score (nSPS) is 24.6. The summed E-state index contributed by atoms with van der Waals surface area (Å²) in [5.41, 5.74) is 3.52. The fraction of sp³-hybridized carbons (Fsp3) is 0.391. The Hall–Kier alpha value is -3.52. The summed E-state index contributed by atoms with van der Waals surface area (Å²) in [5, 5.41) is 19.4. The van der Waals surface area contributed by atoms with E-state index < -0.39 is 0 Å². The van der Waals surface area contributed by atoms with Gasteiger partial charge < -0.3 is 25.0 Å². The number of anilines is 3. The molecule has 170 valence electrons. The van der Waals surface area contributed by atoms with Gasteiger partial charge in [0, 0.05) is 25.8 Å². The summed E-state index contributed by atoms with van der Waals surface area (Å²) in [5.74, 6) is 0.544. The van der Waals surface area contributed by atoms with Crippen molar-refractivity contribution in [2.45, 2.75) is 38.8 Å². The Balaban J connectivity index is 1.39. The zero-order chi connectivity index (χ0) is 22.9. The Bertz CT molecular complexity index is 1160. The van der Waals surface area contributed by atoms with Crippen LogP contribution in [-0.4, -0.2) is 54.0 Å². The molecule has 0 aliphatic carbocycles. The average molecular weight is 447 g/mol. The number of fused-ring (bicyclic) bond motifs is 3. The molecule has 10 nitrogen and oxygen atoms in total. The highest BCUT2D eigenvalue weighted by Gasteiger charge is 2.40. The number of nitrogens with one attached hydrogen (secondary N) is 3. The summed E-state index contributed by atoms with van der Waals surface area (Å²) in [6, 6.07) is 10.2. The maximum atomic E-state index is 12.7. The second kappa shape index (κ2) is 8.78. The Labute approximate surface area is 191 Å². The van der Waals surface area contributed by atoms with Gasteiger partial charge in [-0.15, -0.1) is 0 Å². The van der Waals surface area contributed by atoms with Crippen molar-refractivity contribution in [1.29, 1.82) is 5.26 Å².